The number of hydrogen-bond acceptors (Lipinski definition) is 4. The highest BCUT2D eigenvalue weighted by Crippen LogP contribution is 2.30. The van der Waals surface area contributed by atoms with Crippen molar-refractivity contribution in [2.45, 2.75) is 26.0 Å². The summed E-state index contributed by atoms with van der Waals surface area (Å²) in [7, 11) is 1.44. The molecular weight excluding hydrogens is 314 g/mol. The van der Waals surface area contributed by atoms with Crippen LogP contribution in [-0.2, 0) is 6.54 Å². The van der Waals surface area contributed by atoms with Crippen LogP contribution in [0.2, 0.25) is 0 Å². The van der Waals surface area contributed by atoms with Gasteiger partial charge in [0.05, 0.1) is 7.11 Å². The van der Waals surface area contributed by atoms with E-state index in [1.807, 2.05) is 6.07 Å². The Labute approximate surface area is 136 Å². The van der Waals surface area contributed by atoms with Crippen molar-refractivity contribution >= 4 is 12.4 Å². The highest BCUT2D eigenvalue weighted by Gasteiger charge is 2.19. The number of alkyl halides is 2. The van der Waals surface area contributed by atoms with Gasteiger partial charge in [0.25, 0.3) is 0 Å². The summed E-state index contributed by atoms with van der Waals surface area (Å²) < 4.78 is 34.4. The molecule has 22 heavy (non-hydrogen) atoms. The van der Waals surface area contributed by atoms with Crippen molar-refractivity contribution in [1.82, 2.24) is 4.90 Å². The van der Waals surface area contributed by atoms with E-state index in [1.54, 1.807) is 12.1 Å². The minimum absolute atomic E-state index is 0. The molecule has 126 valence electrons. The molecule has 1 aromatic carbocycles. The summed E-state index contributed by atoms with van der Waals surface area (Å²) >= 11 is 0. The predicted molar refractivity (Wildman–Crippen MR) is 83.9 cm³/mol. The molecule has 7 heteroatoms. The minimum atomic E-state index is -2.85. The van der Waals surface area contributed by atoms with Gasteiger partial charge in [-0.05, 0) is 56.1 Å². The molecular formula is C15H23ClF2N2O2. The second-order valence-electron chi connectivity index (χ2n) is 5.32. The summed E-state index contributed by atoms with van der Waals surface area (Å²) in [5, 5.41) is 0. The zero-order valence-corrected chi connectivity index (χ0v) is 13.5. The molecule has 0 spiro atoms. The Morgan fingerprint density at radius 3 is 2.50 bits per heavy atom. The number of halogens is 3. The largest absolute Gasteiger partial charge is 0.493 e. The molecule has 1 fully saturated rings. The van der Waals surface area contributed by atoms with Crippen LogP contribution in [-0.4, -0.2) is 38.3 Å². The lowest BCUT2D eigenvalue weighted by Crippen LogP contribution is -2.35. The van der Waals surface area contributed by atoms with Crippen LogP contribution in [0.1, 0.15) is 18.4 Å². The van der Waals surface area contributed by atoms with Crippen molar-refractivity contribution in [2.75, 3.05) is 26.7 Å². The Morgan fingerprint density at radius 1 is 1.27 bits per heavy atom. The lowest BCUT2D eigenvalue weighted by Gasteiger charge is -2.31. The first-order chi connectivity index (χ1) is 10.1. The molecule has 1 aliphatic rings. The average molecular weight is 337 g/mol. The number of hydrogen-bond donors (Lipinski definition) is 1. The van der Waals surface area contributed by atoms with E-state index in [1.165, 1.54) is 7.11 Å². The summed E-state index contributed by atoms with van der Waals surface area (Å²) in [5.74, 6) is 1.01. The molecule has 0 radical (unpaired) electrons. The quantitative estimate of drug-likeness (QED) is 0.867. The number of piperidine rings is 1. The van der Waals surface area contributed by atoms with Gasteiger partial charge in [-0.25, -0.2) is 0 Å². The lowest BCUT2D eigenvalue weighted by molar-refractivity contribution is -0.0512. The smallest absolute Gasteiger partial charge is 0.387 e. The monoisotopic (exact) mass is 336 g/mol. The molecule has 1 saturated heterocycles. The predicted octanol–water partition coefficient (Wildman–Crippen LogP) is 2.89. The van der Waals surface area contributed by atoms with Gasteiger partial charge in [-0.2, -0.15) is 8.78 Å². The number of nitrogens with two attached hydrogens (primary N) is 1. The standard InChI is InChI=1S/C15H22F2N2O2.ClH/c1-20-13-3-2-12(8-14(13)21-15(16)17)10-19-6-4-11(9-18)5-7-19;/h2-3,8,11,15H,4-7,9-10,18H2,1H3;1H. The summed E-state index contributed by atoms with van der Waals surface area (Å²) in [5.41, 5.74) is 6.62. The van der Waals surface area contributed by atoms with Gasteiger partial charge in [0, 0.05) is 6.54 Å². The molecule has 0 aliphatic carbocycles. The first-order valence-electron chi connectivity index (χ1n) is 7.16. The summed E-state index contributed by atoms with van der Waals surface area (Å²) in [4.78, 5) is 2.31. The zero-order chi connectivity index (χ0) is 15.2. The molecule has 1 aliphatic heterocycles. The highest BCUT2D eigenvalue weighted by molar-refractivity contribution is 5.85. The summed E-state index contributed by atoms with van der Waals surface area (Å²) in [6, 6.07) is 5.17. The second-order valence-corrected chi connectivity index (χ2v) is 5.32. The fourth-order valence-corrected chi connectivity index (χ4v) is 2.65. The molecule has 0 aromatic heterocycles. The van der Waals surface area contributed by atoms with Crippen molar-refractivity contribution in [2.24, 2.45) is 11.7 Å². The van der Waals surface area contributed by atoms with Crippen molar-refractivity contribution in [3.63, 3.8) is 0 Å². The van der Waals surface area contributed by atoms with Gasteiger partial charge in [-0.3, -0.25) is 4.90 Å². The third-order valence-corrected chi connectivity index (χ3v) is 3.89. The van der Waals surface area contributed by atoms with Crippen LogP contribution < -0.4 is 15.2 Å². The van der Waals surface area contributed by atoms with Gasteiger partial charge in [0.15, 0.2) is 11.5 Å². The molecule has 2 rings (SSSR count). The highest BCUT2D eigenvalue weighted by atomic mass is 35.5. The van der Waals surface area contributed by atoms with E-state index in [4.69, 9.17) is 10.5 Å². The van der Waals surface area contributed by atoms with Crippen LogP contribution in [0.4, 0.5) is 8.78 Å². The van der Waals surface area contributed by atoms with Gasteiger partial charge >= 0.3 is 6.61 Å². The maximum absolute atomic E-state index is 12.4. The van der Waals surface area contributed by atoms with Crippen molar-refractivity contribution in [3.8, 4) is 11.5 Å². The average Bonchev–Trinajstić information content (AvgIpc) is 2.48. The van der Waals surface area contributed by atoms with Crippen LogP contribution in [0.15, 0.2) is 18.2 Å². The normalized spacial score (nSPS) is 16.4. The number of nitrogens with zero attached hydrogens (tertiary/aromatic N) is 1. The molecule has 0 saturated carbocycles. The number of ether oxygens (including phenoxy) is 2. The fraction of sp³-hybridized carbons (Fsp3) is 0.600. The van der Waals surface area contributed by atoms with Crippen LogP contribution >= 0.6 is 12.4 Å². The van der Waals surface area contributed by atoms with Crippen molar-refractivity contribution in [1.29, 1.82) is 0 Å². The Balaban J connectivity index is 0.00000242. The molecule has 1 aromatic rings. The molecule has 0 bridgehead atoms. The zero-order valence-electron chi connectivity index (χ0n) is 12.6. The van der Waals surface area contributed by atoms with Crippen LogP contribution in [0.25, 0.3) is 0 Å². The molecule has 0 atom stereocenters. The van der Waals surface area contributed by atoms with Crippen molar-refractivity contribution in [3.05, 3.63) is 23.8 Å². The summed E-state index contributed by atoms with van der Waals surface area (Å²) in [6.45, 7) is 0.580. The second kappa shape index (κ2) is 9.12. The van der Waals surface area contributed by atoms with Crippen LogP contribution in [0.5, 0.6) is 11.5 Å². The van der Waals surface area contributed by atoms with Gasteiger partial charge in [0.2, 0.25) is 0 Å². The Morgan fingerprint density at radius 2 is 1.95 bits per heavy atom. The van der Waals surface area contributed by atoms with Gasteiger partial charge < -0.3 is 15.2 Å². The lowest BCUT2D eigenvalue weighted by atomic mass is 9.97. The van der Waals surface area contributed by atoms with Crippen LogP contribution in [0, 0.1) is 5.92 Å². The van der Waals surface area contributed by atoms with Crippen molar-refractivity contribution < 1.29 is 18.3 Å². The van der Waals surface area contributed by atoms with E-state index >= 15 is 0 Å². The first-order valence-corrected chi connectivity index (χ1v) is 7.16. The van der Waals surface area contributed by atoms with Gasteiger partial charge in [-0.1, -0.05) is 6.07 Å². The molecule has 0 amide bonds. The molecule has 0 unspecified atom stereocenters. The van der Waals surface area contributed by atoms with E-state index in [0.717, 1.165) is 44.6 Å². The maximum Gasteiger partial charge on any atom is 0.387 e. The SMILES string of the molecule is COc1ccc(CN2CCC(CN)CC2)cc1OC(F)F.Cl. The van der Waals surface area contributed by atoms with Gasteiger partial charge in [0.1, 0.15) is 0 Å². The first kappa shape index (κ1) is 18.9. The third kappa shape index (κ3) is 5.26. The maximum atomic E-state index is 12.4. The number of rotatable bonds is 6. The van der Waals surface area contributed by atoms with E-state index in [-0.39, 0.29) is 18.2 Å². The minimum Gasteiger partial charge on any atom is -0.493 e. The van der Waals surface area contributed by atoms with E-state index in [9.17, 15) is 8.78 Å². The number of methoxy groups -OCH3 is 1. The van der Waals surface area contributed by atoms with E-state index in [0.29, 0.717) is 11.7 Å². The Bertz CT molecular complexity index is 455. The summed E-state index contributed by atoms with van der Waals surface area (Å²) in [6.07, 6.45) is 2.18. The Kier molecular flexibility index (Phi) is 7.85. The van der Waals surface area contributed by atoms with Crippen LogP contribution in [0.3, 0.4) is 0 Å². The van der Waals surface area contributed by atoms with E-state index < -0.39 is 6.61 Å². The molecule has 2 N–H and O–H groups in total. The molecule has 4 nitrogen and oxygen atoms in total. The third-order valence-electron chi connectivity index (χ3n) is 3.89. The van der Waals surface area contributed by atoms with Gasteiger partial charge in [-0.15, -0.1) is 12.4 Å². The van der Waals surface area contributed by atoms with E-state index in [2.05, 4.69) is 9.64 Å². The fourth-order valence-electron chi connectivity index (χ4n) is 2.65. The number of benzene rings is 1. The topological polar surface area (TPSA) is 47.7 Å². The Hall–Kier alpha value is -1.11. The molecule has 1 heterocycles. The number of likely N-dealkylation sites (tertiary alicyclic amines) is 1.